The molecule has 0 N–H and O–H groups in total. The summed E-state index contributed by atoms with van der Waals surface area (Å²) in [6.45, 7) is 6.19. The molecule has 0 fully saturated rings. The van der Waals surface area contributed by atoms with Crippen LogP contribution in [0.4, 0.5) is 14.5 Å². The lowest BCUT2D eigenvalue weighted by Gasteiger charge is -2.08. The van der Waals surface area contributed by atoms with Crippen molar-refractivity contribution in [2.24, 2.45) is 4.99 Å². The van der Waals surface area contributed by atoms with Gasteiger partial charge in [0.15, 0.2) is 5.82 Å². The first-order valence-electron chi connectivity index (χ1n) is 6.15. The predicted octanol–water partition coefficient (Wildman–Crippen LogP) is 4.41. The molecule has 0 aliphatic heterocycles. The van der Waals surface area contributed by atoms with Gasteiger partial charge in [0, 0.05) is 35.8 Å². The van der Waals surface area contributed by atoms with Crippen molar-refractivity contribution >= 4 is 11.9 Å². The molecule has 0 aliphatic carbocycles. The van der Waals surface area contributed by atoms with Gasteiger partial charge in [-0.05, 0) is 39.0 Å². The van der Waals surface area contributed by atoms with Crippen LogP contribution in [0.3, 0.4) is 0 Å². The van der Waals surface area contributed by atoms with Crippen molar-refractivity contribution in [2.45, 2.75) is 26.8 Å². The minimum absolute atomic E-state index is 0.136. The zero-order valence-electron chi connectivity index (χ0n) is 11.2. The van der Waals surface area contributed by atoms with Gasteiger partial charge in [0.2, 0.25) is 0 Å². The third-order valence-corrected chi connectivity index (χ3v) is 2.89. The van der Waals surface area contributed by atoms with Crippen LogP contribution in [0.15, 0.2) is 35.5 Å². The van der Waals surface area contributed by atoms with E-state index in [0.29, 0.717) is 6.04 Å². The molecule has 0 spiro atoms. The Morgan fingerprint density at radius 2 is 1.95 bits per heavy atom. The maximum Gasteiger partial charge on any atom is 0.151 e. The molecule has 0 bridgehead atoms. The maximum atomic E-state index is 13.4. The minimum Gasteiger partial charge on any atom is -0.349 e. The topological polar surface area (TPSA) is 17.3 Å². The molecule has 100 valence electrons. The molecule has 1 aromatic carbocycles. The van der Waals surface area contributed by atoms with Crippen molar-refractivity contribution in [3.63, 3.8) is 0 Å². The second-order valence-electron chi connectivity index (χ2n) is 4.77. The third kappa shape index (κ3) is 3.08. The first-order valence-corrected chi connectivity index (χ1v) is 6.15. The molecule has 19 heavy (non-hydrogen) atoms. The van der Waals surface area contributed by atoms with E-state index in [1.54, 1.807) is 6.21 Å². The molecule has 0 saturated heterocycles. The van der Waals surface area contributed by atoms with Crippen LogP contribution in [0.25, 0.3) is 0 Å². The molecule has 2 rings (SSSR count). The highest BCUT2D eigenvalue weighted by molar-refractivity contribution is 5.82. The lowest BCUT2D eigenvalue weighted by molar-refractivity contribution is 0.585. The summed E-state index contributed by atoms with van der Waals surface area (Å²) in [5.74, 6) is -1.26. The Morgan fingerprint density at radius 3 is 2.53 bits per heavy atom. The lowest BCUT2D eigenvalue weighted by atomic mass is 10.3. The minimum atomic E-state index is -0.656. The highest BCUT2D eigenvalue weighted by Crippen LogP contribution is 2.19. The van der Waals surface area contributed by atoms with E-state index in [1.807, 2.05) is 19.2 Å². The summed E-state index contributed by atoms with van der Waals surface area (Å²) in [5, 5.41) is 0. The largest absolute Gasteiger partial charge is 0.349 e. The second kappa shape index (κ2) is 5.34. The molecule has 2 nitrogen and oxygen atoms in total. The molecule has 2 aromatic rings. The molecular weight excluding hydrogens is 246 g/mol. The van der Waals surface area contributed by atoms with Crippen LogP contribution in [0.1, 0.15) is 31.1 Å². The number of nitrogens with zero attached hydrogens (tertiary/aromatic N) is 2. The molecule has 0 atom stereocenters. The van der Waals surface area contributed by atoms with Crippen LogP contribution in [0, 0.1) is 18.6 Å². The van der Waals surface area contributed by atoms with Crippen molar-refractivity contribution in [2.75, 3.05) is 0 Å². The van der Waals surface area contributed by atoms with Gasteiger partial charge in [-0.2, -0.15) is 0 Å². The van der Waals surface area contributed by atoms with Gasteiger partial charge in [0.25, 0.3) is 0 Å². The van der Waals surface area contributed by atoms with Crippen LogP contribution in [-0.2, 0) is 0 Å². The van der Waals surface area contributed by atoms with Crippen LogP contribution in [-0.4, -0.2) is 10.8 Å². The lowest BCUT2D eigenvalue weighted by Crippen LogP contribution is -2.00. The molecule has 0 unspecified atom stereocenters. The summed E-state index contributed by atoms with van der Waals surface area (Å²) < 4.78 is 28.3. The zero-order valence-corrected chi connectivity index (χ0v) is 11.2. The van der Waals surface area contributed by atoms with E-state index < -0.39 is 11.6 Å². The third-order valence-electron chi connectivity index (χ3n) is 2.89. The van der Waals surface area contributed by atoms with Crippen molar-refractivity contribution in [3.8, 4) is 0 Å². The van der Waals surface area contributed by atoms with E-state index in [-0.39, 0.29) is 5.69 Å². The van der Waals surface area contributed by atoms with Crippen molar-refractivity contribution in [1.29, 1.82) is 0 Å². The van der Waals surface area contributed by atoms with Crippen LogP contribution in [0.5, 0.6) is 0 Å². The standard InChI is InChI=1S/C15H16F2N2/c1-10(2)19-9-12(6-11(19)3)8-18-15-5-4-13(16)7-14(15)17/h4-10H,1-3H3. The molecule has 0 saturated carbocycles. The summed E-state index contributed by atoms with van der Waals surface area (Å²) in [6, 6.07) is 5.69. The molecule has 1 heterocycles. The van der Waals surface area contributed by atoms with Crippen LogP contribution >= 0.6 is 0 Å². The van der Waals surface area contributed by atoms with E-state index in [0.717, 1.165) is 17.3 Å². The number of rotatable bonds is 3. The number of hydrogen-bond acceptors (Lipinski definition) is 1. The van der Waals surface area contributed by atoms with Gasteiger partial charge in [-0.25, -0.2) is 8.78 Å². The number of halogens is 2. The summed E-state index contributed by atoms with van der Waals surface area (Å²) in [4.78, 5) is 4.05. The fourth-order valence-electron chi connectivity index (χ4n) is 1.97. The van der Waals surface area contributed by atoms with Crippen molar-refractivity contribution < 1.29 is 8.78 Å². The Morgan fingerprint density at radius 1 is 1.21 bits per heavy atom. The molecular formula is C15H16F2N2. The summed E-state index contributed by atoms with van der Waals surface area (Å²) in [6.07, 6.45) is 3.55. The number of aliphatic imine (C=N–C) groups is 1. The Hall–Kier alpha value is -1.97. The Bertz CT molecular complexity index is 613. The van der Waals surface area contributed by atoms with Gasteiger partial charge in [0.05, 0.1) is 5.69 Å². The SMILES string of the molecule is Cc1cc(C=Nc2ccc(F)cc2F)cn1C(C)C. The normalized spacial score (nSPS) is 11.7. The van der Waals surface area contributed by atoms with Gasteiger partial charge in [-0.1, -0.05) is 0 Å². The van der Waals surface area contributed by atoms with Crippen molar-refractivity contribution in [1.82, 2.24) is 4.57 Å². The highest BCUT2D eigenvalue weighted by atomic mass is 19.1. The number of aromatic nitrogens is 1. The quantitative estimate of drug-likeness (QED) is 0.729. The Labute approximate surface area is 111 Å². The highest BCUT2D eigenvalue weighted by Gasteiger charge is 2.04. The van der Waals surface area contributed by atoms with E-state index in [9.17, 15) is 8.78 Å². The summed E-state index contributed by atoms with van der Waals surface area (Å²) in [5.41, 5.74) is 2.15. The molecule has 1 aromatic heterocycles. The number of hydrogen-bond donors (Lipinski definition) is 0. The number of aryl methyl sites for hydroxylation is 1. The van der Waals surface area contributed by atoms with E-state index in [4.69, 9.17) is 0 Å². The van der Waals surface area contributed by atoms with E-state index in [1.165, 1.54) is 12.1 Å². The van der Waals surface area contributed by atoms with E-state index in [2.05, 4.69) is 23.4 Å². The average Bonchev–Trinajstić information content (AvgIpc) is 2.69. The van der Waals surface area contributed by atoms with Gasteiger partial charge in [0.1, 0.15) is 5.82 Å². The van der Waals surface area contributed by atoms with Crippen molar-refractivity contribution in [3.05, 3.63) is 53.4 Å². The smallest absolute Gasteiger partial charge is 0.151 e. The fraction of sp³-hybridized carbons (Fsp3) is 0.267. The molecule has 0 amide bonds. The predicted molar refractivity (Wildman–Crippen MR) is 73.2 cm³/mol. The Balaban J connectivity index is 2.25. The first kappa shape index (κ1) is 13.5. The molecule has 4 heteroatoms. The molecule has 0 aliphatic rings. The van der Waals surface area contributed by atoms with Gasteiger partial charge in [-0.3, -0.25) is 4.99 Å². The van der Waals surface area contributed by atoms with Gasteiger partial charge < -0.3 is 4.57 Å². The number of benzene rings is 1. The van der Waals surface area contributed by atoms with Crippen LogP contribution < -0.4 is 0 Å². The molecule has 0 radical (unpaired) electrons. The Kier molecular flexibility index (Phi) is 3.79. The second-order valence-corrected chi connectivity index (χ2v) is 4.77. The van der Waals surface area contributed by atoms with Gasteiger partial charge >= 0.3 is 0 Å². The van der Waals surface area contributed by atoms with Crippen LogP contribution in [0.2, 0.25) is 0 Å². The summed E-state index contributed by atoms with van der Waals surface area (Å²) >= 11 is 0. The average molecular weight is 262 g/mol. The maximum absolute atomic E-state index is 13.4. The van der Waals surface area contributed by atoms with E-state index >= 15 is 0 Å². The first-order chi connectivity index (χ1) is 8.97. The summed E-state index contributed by atoms with van der Waals surface area (Å²) in [7, 11) is 0. The van der Waals surface area contributed by atoms with Gasteiger partial charge in [-0.15, -0.1) is 0 Å². The monoisotopic (exact) mass is 262 g/mol. The zero-order chi connectivity index (χ0) is 14.0. The fourth-order valence-corrected chi connectivity index (χ4v) is 1.97.